The maximum Gasteiger partial charge on any atom is 0.223 e. The van der Waals surface area contributed by atoms with Crippen LogP contribution in [0, 0.1) is 25.7 Å². The first-order chi connectivity index (χ1) is 13.6. The number of rotatable bonds is 3. The lowest BCUT2D eigenvalue weighted by Crippen LogP contribution is -2.60. The van der Waals surface area contributed by atoms with E-state index in [0.29, 0.717) is 24.3 Å². The van der Waals surface area contributed by atoms with Crippen molar-refractivity contribution in [1.82, 2.24) is 15.0 Å². The van der Waals surface area contributed by atoms with Crippen molar-refractivity contribution in [2.45, 2.75) is 77.3 Å². The van der Waals surface area contributed by atoms with Crippen molar-refractivity contribution in [3.63, 3.8) is 0 Å². The van der Waals surface area contributed by atoms with Crippen LogP contribution in [0.2, 0.25) is 0 Å². The van der Waals surface area contributed by atoms with Gasteiger partial charge in [0.1, 0.15) is 5.76 Å². The van der Waals surface area contributed by atoms with Gasteiger partial charge in [0.25, 0.3) is 0 Å². The molecule has 1 aromatic heterocycles. The van der Waals surface area contributed by atoms with Gasteiger partial charge in [0, 0.05) is 31.1 Å². The van der Waals surface area contributed by atoms with E-state index in [2.05, 4.69) is 21.0 Å². The molecule has 3 aliphatic heterocycles. The predicted molar refractivity (Wildman–Crippen MR) is 108 cm³/mol. The van der Waals surface area contributed by atoms with Crippen LogP contribution in [0.4, 0.5) is 0 Å². The number of carbonyl (C=O) groups is 1. The van der Waals surface area contributed by atoms with Gasteiger partial charge in [-0.15, -0.1) is 0 Å². The lowest BCUT2D eigenvalue weighted by molar-refractivity contribution is -0.136. The van der Waals surface area contributed by atoms with Gasteiger partial charge in [-0.05, 0) is 70.8 Å². The summed E-state index contributed by atoms with van der Waals surface area (Å²) in [6, 6.07) is 1.12. The minimum Gasteiger partial charge on any atom is -0.361 e. The summed E-state index contributed by atoms with van der Waals surface area (Å²) in [5.41, 5.74) is 3.61. The fraction of sp³-hybridized carbons (Fsp3) is 0.739. The average molecular weight is 384 g/mol. The molecule has 4 aliphatic rings. The lowest BCUT2D eigenvalue weighted by Gasteiger charge is -2.54. The molecule has 0 N–H and O–H groups in total. The Bertz CT molecular complexity index is 763. The first kappa shape index (κ1) is 18.4. The molecule has 1 aromatic rings. The van der Waals surface area contributed by atoms with Gasteiger partial charge >= 0.3 is 0 Å². The molecule has 5 rings (SSSR count). The third-order valence-electron chi connectivity index (χ3n) is 7.75. The van der Waals surface area contributed by atoms with Crippen molar-refractivity contribution in [3.8, 4) is 0 Å². The zero-order valence-corrected chi connectivity index (χ0v) is 17.3. The van der Waals surface area contributed by atoms with E-state index in [9.17, 15) is 4.79 Å². The quantitative estimate of drug-likeness (QED) is 0.748. The highest BCUT2D eigenvalue weighted by Gasteiger charge is 2.46. The largest absolute Gasteiger partial charge is 0.361 e. The van der Waals surface area contributed by atoms with Crippen LogP contribution in [0.25, 0.3) is 0 Å². The third kappa shape index (κ3) is 3.12. The number of aromatic nitrogens is 1. The highest BCUT2D eigenvalue weighted by atomic mass is 16.5. The lowest BCUT2D eigenvalue weighted by atomic mass is 9.68. The topological polar surface area (TPSA) is 49.6 Å². The number of aryl methyl sites for hydroxylation is 2. The number of fused-ring (bicyclic) bond motifs is 6. The summed E-state index contributed by atoms with van der Waals surface area (Å²) in [5.74, 6) is 2.52. The van der Waals surface area contributed by atoms with Crippen LogP contribution >= 0.6 is 0 Å². The molecule has 28 heavy (non-hydrogen) atoms. The summed E-state index contributed by atoms with van der Waals surface area (Å²) in [6.45, 7) is 7.29. The Morgan fingerprint density at radius 2 is 2.14 bits per heavy atom. The normalized spacial score (nSPS) is 32.5. The van der Waals surface area contributed by atoms with Gasteiger partial charge < -0.3 is 9.42 Å². The van der Waals surface area contributed by atoms with Crippen LogP contribution in [0.5, 0.6) is 0 Å². The Morgan fingerprint density at radius 1 is 1.25 bits per heavy atom. The number of hydrogen-bond acceptors (Lipinski definition) is 4. The molecular weight excluding hydrogens is 350 g/mol. The zero-order chi connectivity index (χ0) is 19.3. The number of piperidine rings is 3. The maximum absolute atomic E-state index is 13.2. The van der Waals surface area contributed by atoms with Gasteiger partial charge in [-0.25, -0.2) is 0 Å². The third-order valence-corrected chi connectivity index (χ3v) is 7.75. The van der Waals surface area contributed by atoms with Crippen LogP contribution in [0.15, 0.2) is 16.2 Å². The van der Waals surface area contributed by atoms with E-state index >= 15 is 0 Å². The summed E-state index contributed by atoms with van der Waals surface area (Å²) < 4.78 is 5.27. The van der Waals surface area contributed by atoms with Crippen LogP contribution in [0.1, 0.15) is 62.0 Å². The first-order valence-electron chi connectivity index (χ1n) is 11.3. The maximum atomic E-state index is 13.2. The van der Waals surface area contributed by atoms with Crippen molar-refractivity contribution in [2.24, 2.45) is 11.8 Å². The Morgan fingerprint density at radius 3 is 2.96 bits per heavy atom. The van der Waals surface area contributed by atoms with E-state index in [0.717, 1.165) is 48.4 Å². The minimum absolute atomic E-state index is 0.315. The SMILES string of the molecule is Cc1noc(C)c1CCC(=O)N1CCCC2=C[C@H]3C[C@@H](CN4CCCC[C@H]34)[C@@H]21. The Balaban J connectivity index is 1.33. The van der Waals surface area contributed by atoms with Gasteiger partial charge in [-0.1, -0.05) is 23.2 Å². The molecule has 0 aromatic carbocycles. The number of carbonyl (C=O) groups excluding carboxylic acids is 1. The molecule has 0 saturated carbocycles. The fourth-order valence-corrected chi connectivity index (χ4v) is 6.49. The van der Waals surface area contributed by atoms with E-state index in [-0.39, 0.29) is 0 Å². The summed E-state index contributed by atoms with van der Waals surface area (Å²) in [5, 5.41) is 4.04. The summed E-state index contributed by atoms with van der Waals surface area (Å²) in [7, 11) is 0. The highest BCUT2D eigenvalue weighted by Crippen LogP contribution is 2.45. The van der Waals surface area contributed by atoms with E-state index in [1.807, 2.05) is 13.8 Å². The van der Waals surface area contributed by atoms with Crippen LogP contribution < -0.4 is 0 Å². The van der Waals surface area contributed by atoms with Crippen LogP contribution in [0.3, 0.4) is 0 Å². The number of hydrogen-bond donors (Lipinski definition) is 0. The molecule has 3 fully saturated rings. The van der Waals surface area contributed by atoms with Gasteiger partial charge in [-0.3, -0.25) is 9.69 Å². The molecule has 1 amide bonds. The van der Waals surface area contributed by atoms with Gasteiger partial charge in [0.05, 0.1) is 11.7 Å². The Labute approximate surface area is 168 Å². The first-order valence-corrected chi connectivity index (χ1v) is 11.3. The monoisotopic (exact) mass is 383 g/mol. The smallest absolute Gasteiger partial charge is 0.223 e. The number of nitrogens with zero attached hydrogens (tertiary/aromatic N) is 3. The van der Waals surface area contributed by atoms with Crippen molar-refractivity contribution in [1.29, 1.82) is 0 Å². The predicted octanol–water partition coefficient (Wildman–Crippen LogP) is 3.65. The molecule has 1 aliphatic carbocycles. The molecule has 0 spiro atoms. The highest BCUT2D eigenvalue weighted by molar-refractivity contribution is 5.77. The fourth-order valence-electron chi connectivity index (χ4n) is 6.49. The second kappa shape index (κ2) is 7.33. The van der Waals surface area contributed by atoms with E-state index in [1.54, 1.807) is 5.57 Å². The van der Waals surface area contributed by atoms with Gasteiger partial charge in [-0.2, -0.15) is 0 Å². The Hall–Kier alpha value is -1.62. The molecule has 0 radical (unpaired) electrons. The van der Waals surface area contributed by atoms with Crippen molar-refractivity contribution < 1.29 is 9.32 Å². The summed E-state index contributed by atoms with van der Waals surface area (Å²) >= 11 is 0. The molecular formula is C23H33N3O2. The Kier molecular flexibility index (Phi) is 4.82. The zero-order valence-electron chi connectivity index (χ0n) is 17.3. The average Bonchev–Trinajstić information content (AvgIpc) is 3.03. The van der Waals surface area contributed by atoms with Crippen molar-refractivity contribution in [2.75, 3.05) is 19.6 Å². The van der Waals surface area contributed by atoms with Crippen molar-refractivity contribution >= 4 is 5.91 Å². The van der Waals surface area contributed by atoms with Crippen LogP contribution in [-0.4, -0.2) is 52.6 Å². The van der Waals surface area contributed by atoms with E-state index < -0.39 is 0 Å². The minimum atomic E-state index is 0.315. The van der Waals surface area contributed by atoms with E-state index in [1.165, 1.54) is 45.2 Å². The molecule has 5 heteroatoms. The second-order valence-corrected chi connectivity index (χ2v) is 9.40. The molecule has 4 heterocycles. The molecule has 5 nitrogen and oxygen atoms in total. The second-order valence-electron chi connectivity index (χ2n) is 9.40. The number of amides is 1. The van der Waals surface area contributed by atoms with E-state index in [4.69, 9.17) is 4.52 Å². The molecule has 3 saturated heterocycles. The summed E-state index contributed by atoms with van der Waals surface area (Å²) in [4.78, 5) is 18.2. The molecule has 0 unspecified atom stereocenters. The van der Waals surface area contributed by atoms with Gasteiger partial charge in [0.2, 0.25) is 5.91 Å². The van der Waals surface area contributed by atoms with Crippen molar-refractivity contribution in [3.05, 3.63) is 28.7 Å². The number of likely N-dealkylation sites (tertiary alicyclic amines) is 1. The molecule has 152 valence electrons. The summed E-state index contributed by atoms with van der Waals surface area (Å²) in [6.07, 6.45) is 11.6. The standard InChI is InChI=1S/C23H33N3O2/c1-15-20(16(2)28-24-15)8-9-22(27)26-11-5-6-17-12-18-13-19(23(17)26)14-25-10-4-3-7-21(18)25/h12,18-19,21,23H,3-11,13-14H2,1-2H3/t18-,19-,21+,23+/m0/s1. The van der Waals surface area contributed by atoms with Gasteiger partial charge in [0.15, 0.2) is 0 Å². The van der Waals surface area contributed by atoms with Crippen LogP contribution in [-0.2, 0) is 11.2 Å². The molecule has 4 atom stereocenters. The molecule has 2 bridgehead atoms.